The van der Waals surface area contributed by atoms with Crippen LogP contribution >= 0.6 is 0 Å². The topological polar surface area (TPSA) is 58.4 Å². The van der Waals surface area contributed by atoms with E-state index in [4.69, 9.17) is 5.73 Å². The number of amides is 1. The first-order chi connectivity index (χ1) is 7.49. The molecule has 1 atom stereocenters. The smallest absolute Gasteiger partial charge is 0.219 e. The molecule has 0 heterocycles. The Labute approximate surface area is 96.4 Å². The molecule has 0 aliphatic carbocycles. The van der Waals surface area contributed by atoms with Crippen molar-refractivity contribution < 1.29 is 4.79 Å². The fourth-order valence-corrected chi connectivity index (χ4v) is 1.49. The highest BCUT2D eigenvalue weighted by Gasteiger charge is 2.05. The van der Waals surface area contributed by atoms with Gasteiger partial charge in [-0.25, -0.2) is 0 Å². The van der Waals surface area contributed by atoms with Crippen LogP contribution in [0.25, 0.3) is 0 Å². The maximum Gasteiger partial charge on any atom is 0.219 e. The lowest BCUT2D eigenvalue weighted by Gasteiger charge is -2.16. The van der Waals surface area contributed by atoms with Crippen LogP contribution in [0, 0.1) is 0 Å². The second kappa shape index (κ2) is 5.39. The molecular weight excluding hydrogens is 202 g/mol. The van der Waals surface area contributed by atoms with E-state index in [9.17, 15) is 4.79 Å². The largest absolute Gasteiger partial charge is 0.382 e. The van der Waals surface area contributed by atoms with E-state index in [1.54, 1.807) is 0 Å². The van der Waals surface area contributed by atoms with Crippen LogP contribution in [-0.4, -0.2) is 26.0 Å². The molecule has 0 saturated heterocycles. The standard InChI is InChI=1S/C12H19N3O/c1-9(8-12(13)16)14-10-4-6-11(7-5-10)15(2)3/h4-7,9,14H,8H2,1-3H3,(H2,13,16). The molecule has 0 radical (unpaired) electrons. The molecule has 1 aromatic rings. The Kier molecular flexibility index (Phi) is 4.17. The molecule has 0 bridgehead atoms. The summed E-state index contributed by atoms with van der Waals surface area (Å²) in [5, 5.41) is 3.22. The number of primary amides is 1. The molecule has 88 valence electrons. The van der Waals surface area contributed by atoms with Crippen LogP contribution in [0.2, 0.25) is 0 Å². The zero-order valence-electron chi connectivity index (χ0n) is 10.0. The third kappa shape index (κ3) is 3.81. The predicted octanol–water partition coefficient (Wildman–Crippen LogP) is 1.43. The Morgan fingerprint density at radius 1 is 1.38 bits per heavy atom. The first-order valence-electron chi connectivity index (χ1n) is 5.31. The lowest BCUT2D eigenvalue weighted by atomic mass is 10.2. The molecule has 0 aromatic heterocycles. The quantitative estimate of drug-likeness (QED) is 0.790. The molecule has 1 unspecified atom stereocenters. The van der Waals surface area contributed by atoms with E-state index in [0.717, 1.165) is 11.4 Å². The Balaban J connectivity index is 2.58. The maximum absolute atomic E-state index is 10.7. The minimum absolute atomic E-state index is 0.0581. The van der Waals surface area contributed by atoms with Crippen LogP contribution in [0.1, 0.15) is 13.3 Å². The van der Waals surface area contributed by atoms with Crippen LogP contribution in [0.4, 0.5) is 11.4 Å². The lowest BCUT2D eigenvalue weighted by molar-refractivity contribution is -0.118. The van der Waals surface area contributed by atoms with Crippen molar-refractivity contribution in [3.05, 3.63) is 24.3 Å². The third-order valence-corrected chi connectivity index (χ3v) is 2.30. The van der Waals surface area contributed by atoms with Crippen molar-refractivity contribution in [3.63, 3.8) is 0 Å². The van der Waals surface area contributed by atoms with E-state index in [1.807, 2.05) is 50.2 Å². The fraction of sp³-hybridized carbons (Fsp3) is 0.417. The van der Waals surface area contributed by atoms with Gasteiger partial charge in [0, 0.05) is 37.9 Å². The second-order valence-corrected chi connectivity index (χ2v) is 4.16. The molecule has 0 fully saturated rings. The first-order valence-corrected chi connectivity index (χ1v) is 5.31. The third-order valence-electron chi connectivity index (χ3n) is 2.30. The number of carbonyl (C=O) groups excluding carboxylic acids is 1. The molecule has 1 aromatic carbocycles. The fourth-order valence-electron chi connectivity index (χ4n) is 1.49. The number of rotatable bonds is 5. The van der Waals surface area contributed by atoms with Gasteiger partial charge in [0.1, 0.15) is 0 Å². The molecule has 1 rings (SSSR count). The monoisotopic (exact) mass is 221 g/mol. The average Bonchev–Trinajstić information content (AvgIpc) is 2.16. The molecule has 16 heavy (non-hydrogen) atoms. The Morgan fingerprint density at radius 3 is 2.38 bits per heavy atom. The summed E-state index contributed by atoms with van der Waals surface area (Å²) in [6, 6.07) is 8.10. The minimum Gasteiger partial charge on any atom is -0.382 e. The molecule has 0 spiro atoms. The summed E-state index contributed by atoms with van der Waals surface area (Å²) in [6.07, 6.45) is 0.343. The SMILES string of the molecule is CC(CC(N)=O)Nc1ccc(N(C)C)cc1. The Hall–Kier alpha value is -1.71. The number of hydrogen-bond donors (Lipinski definition) is 2. The summed E-state index contributed by atoms with van der Waals surface area (Å²) >= 11 is 0. The number of nitrogens with one attached hydrogen (secondary N) is 1. The molecule has 4 heteroatoms. The Morgan fingerprint density at radius 2 is 1.94 bits per heavy atom. The van der Waals surface area contributed by atoms with Crippen molar-refractivity contribution in [3.8, 4) is 0 Å². The van der Waals surface area contributed by atoms with Crippen molar-refractivity contribution in [1.29, 1.82) is 0 Å². The van der Waals surface area contributed by atoms with Gasteiger partial charge in [0.25, 0.3) is 0 Å². The summed E-state index contributed by atoms with van der Waals surface area (Å²) in [4.78, 5) is 12.8. The molecule has 3 N–H and O–H groups in total. The van der Waals surface area contributed by atoms with Crippen LogP contribution in [0.15, 0.2) is 24.3 Å². The maximum atomic E-state index is 10.7. The van der Waals surface area contributed by atoms with Gasteiger partial charge in [0.05, 0.1) is 0 Å². The molecule has 0 aliphatic heterocycles. The lowest BCUT2D eigenvalue weighted by Crippen LogP contribution is -2.23. The highest BCUT2D eigenvalue weighted by Crippen LogP contribution is 2.16. The van der Waals surface area contributed by atoms with Crippen LogP contribution in [-0.2, 0) is 4.79 Å². The van der Waals surface area contributed by atoms with Gasteiger partial charge in [0.15, 0.2) is 0 Å². The van der Waals surface area contributed by atoms with E-state index in [2.05, 4.69) is 5.32 Å². The van der Waals surface area contributed by atoms with E-state index < -0.39 is 0 Å². The number of benzene rings is 1. The highest BCUT2D eigenvalue weighted by molar-refractivity contribution is 5.74. The van der Waals surface area contributed by atoms with Gasteiger partial charge in [-0.15, -0.1) is 0 Å². The summed E-state index contributed by atoms with van der Waals surface area (Å²) < 4.78 is 0. The summed E-state index contributed by atoms with van der Waals surface area (Å²) in [7, 11) is 4.00. The number of anilines is 2. The summed E-state index contributed by atoms with van der Waals surface area (Å²) in [5.41, 5.74) is 7.27. The van der Waals surface area contributed by atoms with Gasteiger partial charge in [-0.3, -0.25) is 4.79 Å². The summed E-state index contributed by atoms with van der Waals surface area (Å²) in [6.45, 7) is 1.94. The van der Waals surface area contributed by atoms with E-state index in [0.29, 0.717) is 6.42 Å². The van der Waals surface area contributed by atoms with Gasteiger partial charge < -0.3 is 16.0 Å². The number of carbonyl (C=O) groups is 1. The minimum atomic E-state index is -0.287. The number of nitrogens with two attached hydrogens (primary N) is 1. The zero-order valence-corrected chi connectivity index (χ0v) is 10.0. The van der Waals surface area contributed by atoms with Gasteiger partial charge >= 0.3 is 0 Å². The van der Waals surface area contributed by atoms with E-state index >= 15 is 0 Å². The summed E-state index contributed by atoms with van der Waals surface area (Å²) in [5.74, 6) is -0.287. The van der Waals surface area contributed by atoms with Gasteiger partial charge in [-0.1, -0.05) is 0 Å². The predicted molar refractivity (Wildman–Crippen MR) is 67.7 cm³/mol. The van der Waals surface area contributed by atoms with Gasteiger partial charge in [-0.2, -0.15) is 0 Å². The van der Waals surface area contributed by atoms with Crippen molar-refractivity contribution in [2.75, 3.05) is 24.3 Å². The average molecular weight is 221 g/mol. The van der Waals surface area contributed by atoms with Crippen molar-refractivity contribution >= 4 is 17.3 Å². The van der Waals surface area contributed by atoms with Crippen molar-refractivity contribution in [2.24, 2.45) is 5.73 Å². The highest BCUT2D eigenvalue weighted by atomic mass is 16.1. The first kappa shape index (κ1) is 12.4. The van der Waals surface area contributed by atoms with Crippen LogP contribution < -0.4 is 16.0 Å². The van der Waals surface area contributed by atoms with Gasteiger partial charge in [-0.05, 0) is 31.2 Å². The molecule has 0 aliphatic rings. The second-order valence-electron chi connectivity index (χ2n) is 4.16. The van der Waals surface area contributed by atoms with Crippen LogP contribution in [0.5, 0.6) is 0 Å². The zero-order chi connectivity index (χ0) is 12.1. The van der Waals surface area contributed by atoms with Crippen LogP contribution in [0.3, 0.4) is 0 Å². The molecule has 1 amide bonds. The van der Waals surface area contributed by atoms with Crippen molar-refractivity contribution in [2.45, 2.75) is 19.4 Å². The van der Waals surface area contributed by atoms with E-state index in [1.165, 1.54) is 0 Å². The van der Waals surface area contributed by atoms with E-state index in [-0.39, 0.29) is 11.9 Å². The number of hydrogen-bond acceptors (Lipinski definition) is 3. The normalized spacial score (nSPS) is 11.9. The van der Waals surface area contributed by atoms with Gasteiger partial charge in [0.2, 0.25) is 5.91 Å². The van der Waals surface area contributed by atoms with Crippen molar-refractivity contribution in [1.82, 2.24) is 0 Å². The molecule has 4 nitrogen and oxygen atoms in total. The molecular formula is C12H19N3O. The number of nitrogens with zero attached hydrogens (tertiary/aromatic N) is 1. The Bertz CT molecular complexity index is 346. The molecule has 0 saturated carbocycles.